The van der Waals surface area contributed by atoms with Gasteiger partial charge in [-0.15, -0.1) is 0 Å². The first-order valence-corrected chi connectivity index (χ1v) is 11.5. The summed E-state index contributed by atoms with van der Waals surface area (Å²) in [6.07, 6.45) is -0.755. The third-order valence-corrected chi connectivity index (χ3v) is 6.24. The molecule has 0 radical (unpaired) electrons. The molecule has 1 aromatic heterocycles. The summed E-state index contributed by atoms with van der Waals surface area (Å²) in [5.74, 6) is -2.99. The second kappa shape index (κ2) is 8.81. The standard InChI is InChI=1S/C24H31FN2O8/c1-22(2,21(28)31-11-16-13-33-24(5,6)35-16)20-8-14-7-19(27(29)30)17(25)9-18(14)26(20)10-15-12-32-23(3,4)34-15/h7-9,15-16H,10-13H2,1-6H3. The van der Waals surface area contributed by atoms with E-state index in [1.165, 1.54) is 6.07 Å². The zero-order chi connectivity index (χ0) is 25.8. The van der Waals surface area contributed by atoms with Gasteiger partial charge in [0.2, 0.25) is 5.82 Å². The van der Waals surface area contributed by atoms with Crippen LogP contribution in [0.15, 0.2) is 18.2 Å². The molecule has 2 saturated heterocycles. The number of nitro benzene ring substituents is 1. The van der Waals surface area contributed by atoms with E-state index in [1.807, 2.05) is 0 Å². The fourth-order valence-corrected chi connectivity index (χ4v) is 4.48. The van der Waals surface area contributed by atoms with E-state index in [0.29, 0.717) is 29.8 Å². The van der Waals surface area contributed by atoms with Crippen LogP contribution in [0.25, 0.3) is 10.9 Å². The molecule has 35 heavy (non-hydrogen) atoms. The van der Waals surface area contributed by atoms with Gasteiger partial charge >= 0.3 is 11.7 Å². The minimum absolute atomic E-state index is 0.0137. The molecule has 4 rings (SSSR count). The van der Waals surface area contributed by atoms with Crippen molar-refractivity contribution >= 4 is 22.6 Å². The number of nitro groups is 1. The fraction of sp³-hybridized carbons (Fsp3) is 0.625. The van der Waals surface area contributed by atoms with Gasteiger partial charge in [0.25, 0.3) is 0 Å². The number of benzene rings is 1. The van der Waals surface area contributed by atoms with Gasteiger partial charge in [0, 0.05) is 23.2 Å². The summed E-state index contributed by atoms with van der Waals surface area (Å²) in [5, 5.41) is 11.7. The summed E-state index contributed by atoms with van der Waals surface area (Å²) in [6.45, 7) is 11.4. The number of rotatable bonds is 7. The van der Waals surface area contributed by atoms with Crippen molar-refractivity contribution in [1.82, 2.24) is 4.57 Å². The van der Waals surface area contributed by atoms with Crippen LogP contribution in [0.2, 0.25) is 0 Å². The lowest BCUT2D eigenvalue weighted by atomic mass is 9.89. The van der Waals surface area contributed by atoms with Gasteiger partial charge in [-0.2, -0.15) is 4.39 Å². The summed E-state index contributed by atoms with van der Waals surface area (Å²) in [6, 6.07) is 3.95. The summed E-state index contributed by atoms with van der Waals surface area (Å²) in [4.78, 5) is 23.7. The van der Waals surface area contributed by atoms with E-state index < -0.39 is 45.5 Å². The Morgan fingerprint density at radius 1 is 1.14 bits per heavy atom. The molecule has 2 atom stereocenters. The summed E-state index contributed by atoms with van der Waals surface area (Å²) < 4.78 is 44.7. The van der Waals surface area contributed by atoms with Gasteiger partial charge in [-0.1, -0.05) is 0 Å². The van der Waals surface area contributed by atoms with Crippen LogP contribution in [0.1, 0.15) is 47.2 Å². The fourth-order valence-electron chi connectivity index (χ4n) is 4.48. The van der Waals surface area contributed by atoms with Crippen LogP contribution >= 0.6 is 0 Å². The van der Waals surface area contributed by atoms with Crippen molar-refractivity contribution in [3.8, 4) is 0 Å². The van der Waals surface area contributed by atoms with Gasteiger partial charge in [-0.25, -0.2) is 0 Å². The molecule has 0 saturated carbocycles. The molecule has 0 amide bonds. The molecule has 0 bridgehead atoms. The molecule has 3 heterocycles. The summed E-state index contributed by atoms with van der Waals surface area (Å²) in [7, 11) is 0. The number of halogens is 1. The number of carbonyl (C=O) groups excluding carboxylic acids is 1. The van der Waals surface area contributed by atoms with Crippen molar-refractivity contribution in [2.45, 2.75) is 77.3 Å². The predicted octanol–water partition coefficient (Wildman–Crippen LogP) is 3.81. The Labute approximate surface area is 202 Å². The number of hydrogen-bond donors (Lipinski definition) is 0. The first-order chi connectivity index (χ1) is 16.2. The molecule has 2 aliphatic heterocycles. The van der Waals surface area contributed by atoms with Crippen LogP contribution in [-0.2, 0) is 40.4 Å². The molecule has 1 aromatic carbocycles. The van der Waals surface area contributed by atoms with Crippen molar-refractivity contribution in [3.05, 3.63) is 39.8 Å². The number of carbonyl (C=O) groups is 1. The number of esters is 1. The maximum absolute atomic E-state index is 14.6. The maximum atomic E-state index is 14.6. The molecule has 0 N–H and O–H groups in total. The van der Waals surface area contributed by atoms with Gasteiger partial charge < -0.3 is 28.3 Å². The molecule has 2 unspecified atom stereocenters. The van der Waals surface area contributed by atoms with Crippen molar-refractivity contribution in [2.24, 2.45) is 0 Å². The lowest BCUT2D eigenvalue weighted by molar-refractivity contribution is -0.387. The molecule has 192 valence electrons. The Hall–Kier alpha value is -2.60. The van der Waals surface area contributed by atoms with Gasteiger partial charge in [-0.3, -0.25) is 14.9 Å². The second-order valence-corrected chi connectivity index (χ2v) is 10.4. The molecular weight excluding hydrogens is 463 g/mol. The zero-order valence-electron chi connectivity index (χ0n) is 20.8. The molecule has 2 aromatic rings. The minimum atomic E-state index is -1.17. The Bertz CT molecular complexity index is 1160. The van der Waals surface area contributed by atoms with Crippen LogP contribution in [0.5, 0.6) is 0 Å². The predicted molar refractivity (Wildman–Crippen MR) is 122 cm³/mol. The van der Waals surface area contributed by atoms with Gasteiger partial charge in [0.1, 0.15) is 24.2 Å². The highest BCUT2D eigenvalue weighted by Gasteiger charge is 2.40. The Morgan fingerprint density at radius 2 is 1.74 bits per heavy atom. The third-order valence-electron chi connectivity index (χ3n) is 6.24. The van der Waals surface area contributed by atoms with E-state index in [1.54, 1.807) is 52.2 Å². The van der Waals surface area contributed by atoms with Crippen molar-refractivity contribution < 1.29 is 37.8 Å². The summed E-state index contributed by atoms with van der Waals surface area (Å²) >= 11 is 0. The quantitative estimate of drug-likeness (QED) is 0.325. The van der Waals surface area contributed by atoms with E-state index >= 15 is 0 Å². The Morgan fingerprint density at radius 3 is 2.29 bits per heavy atom. The Balaban J connectivity index is 1.67. The lowest BCUT2D eigenvalue weighted by Crippen LogP contribution is -2.36. The van der Waals surface area contributed by atoms with Crippen LogP contribution in [0.4, 0.5) is 10.1 Å². The van der Waals surface area contributed by atoms with Crippen LogP contribution in [0, 0.1) is 15.9 Å². The highest BCUT2D eigenvalue weighted by molar-refractivity contribution is 5.88. The number of aromatic nitrogens is 1. The average molecular weight is 495 g/mol. The molecule has 2 aliphatic rings. The van der Waals surface area contributed by atoms with Crippen molar-refractivity contribution in [3.63, 3.8) is 0 Å². The van der Waals surface area contributed by atoms with Crippen LogP contribution < -0.4 is 0 Å². The number of ether oxygens (including phenoxy) is 5. The Kier molecular flexibility index (Phi) is 6.41. The van der Waals surface area contributed by atoms with Crippen LogP contribution in [-0.4, -0.2) is 59.1 Å². The first kappa shape index (κ1) is 25.5. The first-order valence-electron chi connectivity index (χ1n) is 11.5. The molecule has 0 spiro atoms. The van der Waals surface area contributed by atoms with Crippen molar-refractivity contribution in [2.75, 3.05) is 19.8 Å². The topological polar surface area (TPSA) is 111 Å². The minimum Gasteiger partial charge on any atom is -0.462 e. The van der Waals surface area contributed by atoms with E-state index in [4.69, 9.17) is 23.7 Å². The van der Waals surface area contributed by atoms with Gasteiger partial charge in [0.15, 0.2) is 11.6 Å². The monoisotopic (exact) mass is 494 g/mol. The van der Waals surface area contributed by atoms with E-state index in [2.05, 4.69) is 0 Å². The lowest BCUT2D eigenvalue weighted by Gasteiger charge is -2.27. The normalized spacial score (nSPS) is 23.6. The highest BCUT2D eigenvalue weighted by atomic mass is 19.1. The van der Waals surface area contributed by atoms with E-state index in [9.17, 15) is 19.3 Å². The van der Waals surface area contributed by atoms with Gasteiger partial charge in [0.05, 0.1) is 30.2 Å². The second-order valence-electron chi connectivity index (χ2n) is 10.4. The van der Waals surface area contributed by atoms with Gasteiger partial charge in [-0.05, 0) is 47.6 Å². The number of fused-ring (bicyclic) bond motifs is 1. The zero-order valence-corrected chi connectivity index (χ0v) is 20.8. The largest absolute Gasteiger partial charge is 0.462 e. The SMILES string of the molecule is CC1(C)OCC(COC(=O)C(C)(C)c2cc3cc([N+](=O)[O-])c(F)cc3n2CC2COC(C)(C)O2)O1. The average Bonchev–Trinajstić information content (AvgIpc) is 3.40. The number of hydrogen-bond acceptors (Lipinski definition) is 8. The number of nitrogens with zero attached hydrogens (tertiary/aromatic N) is 2. The molecule has 0 aliphatic carbocycles. The van der Waals surface area contributed by atoms with E-state index in [0.717, 1.165) is 6.07 Å². The third kappa shape index (κ3) is 5.18. The van der Waals surface area contributed by atoms with Crippen LogP contribution in [0.3, 0.4) is 0 Å². The molecule has 11 heteroatoms. The smallest absolute Gasteiger partial charge is 0.317 e. The molecule has 2 fully saturated rings. The maximum Gasteiger partial charge on any atom is 0.317 e. The molecule has 10 nitrogen and oxygen atoms in total. The highest BCUT2D eigenvalue weighted by Crippen LogP contribution is 2.36. The molecular formula is C24H31FN2O8. The summed E-state index contributed by atoms with van der Waals surface area (Å²) in [5.41, 5.74) is -0.890. The van der Waals surface area contributed by atoms with Crippen molar-refractivity contribution in [1.29, 1.82) is 0 Å². The van der Waals surface area contributed by atoms with E-state index in [-0.39, 0.29) is 19.3 Å².